The predicted molar refractivity (Wildman–Crippen MR) is 47.5 cm³/mol. The molecule has 0 atom stereocenters. The normalized spacial score (nSPS) is 10.5. The minimum atomic E-state index is -2.39. The van der Waals surface area contributed by atoms with Crippen LogP contribution in [0.5, 0.6) is 0 Å². The molecule has 0 fully saturated rings. The Morgan fingerprint density at radius 1 is 1.36 bits per heavy atom. The van der Waals surface area contributed by atoms with Crippen LogP contribution >= 0.6 is 0 Å². The van der Waals surface area contributed by atoms with Crippen LogP contribution in [0.1, 0.15) is 11.1 Å². The lowest BCUT2D eigenvalue weighted by Crippen LogP contribution is -2.02. The van der Waals surface area contributed by atoms with Gasteiger partial charge in [-0.2, -0.15) is 0 Å². The molecule has 0 aliphatic rings. The van der Waals surface area contributed by atoms with E-state index in [0.29, 0.717) is 11.1 Å². The van der Waals surface area contributed by atoms with Crippen LogP contribution in [0.4, 0.5) is 8.78 Å². The van der Waals surface area contributed by atoms with Crippen LogP contribution in [-0.2, 0) is 17.6 Å². The Kier molecular flexibility index (Phi) is 3.56. The summed E-state index contributed by atoms with van der Waals surface area (Å²) in [6, 6.07) is 6.27. The number of alkyl halides is 2. The summed E-state index contributed by atoms with van der Waals surface area (Å²) in [5.74, 6) is -0.959. The highest BCUT2D eigenvalue weighted by Gasteiger charge is 2.06. The maximum Gasteiger partial charge on any atom is 0.307 e. The molecule has 1 rings (SSSR count). The van der Waals surface area contributed by atoms with Gasteiger partial charge in [-0.1, -0.05) is 24.3 Å². The molecule has 0 aromatic heterocycles. The summed E-state index contributed by atoms with van der Waals surface area (Å²) >= 11 is 0. The number of halogens is 2. The second kappa shape index (κ2) is 4.69. The molecule has 1 aromatic rings. The van der Waals surface area contributed by atoms with Crippen molar-refractivity contribution in [3.63, 3.8) is 0 Å². The quantitative estimate of drug-likeness (QED) is 0.808. The highest BCUT2D eigenvalue weighted by molar-refractivity contribution is 5.70. The number of hydrogen-bond acceptors (Lipinski definition) is 1. The molecular weight excluding hydrogens is 190 g/mol. The monoisotopic (exact) mass is 200 g/mol. The molecule has 0 radical (unpaired) electrons. The van der Waals surface area contributed by atoms with E-state index in [1.165, 1.54) is 6.07 Å². The zero-order valence-corrected chi connectivity index (χ0v) is 7.41. The molecule has 2 nitrogen and oxygen atoms in total. The summed E-state index contributed by atoms with van der Waals surface area (Å²) in [6.07, 6.45) is -2.85. The molecule has 0 spiro atoms. The summed E-state index contributed by atoms with van der Waals surface area (Å²) < 4.78 is 24.0. The van der Waals surface area contributed by atoms with Gasteiger partial charge in [0.2, 0.25) is 6.43 Å². The van der Waals surface area contributed by atoms with Gasteiger partial charge in [-0.05, 0) is 11.1 Å². The van der Waals surface area contributed by atoms with E-state index in [9.17, 15) is 13.6 Å². The third-order valence-corrected chi connectivity index (χ3v) is 1.74. The minimum absolute atomic E-state index is 0.128. The van der Waals surface area contributed by atoms with Crippen molar-refractivity contribution in [3.05, 3.63) is 35.4 Å². The molecule has 0 saturated carbocycles. The van der Waals surface area contributed by atoms with Crippen LogP contribution in [-0.4, -0.2) is 17.5 Å². The smallest absolute Gasteiger partial charge is 0.307 e. The predicted octanol–water partition coefficient (Wildman–Crippen LogP) is 2.12. The molecule has 0 bridgehead atoms. The number of aliphatic carboxylic acids is 1. The van der Waals surface area contributed by atoms with Gasteiger partial charge in [-0.3, -0.25) is 4.79 Å². The van der Waals surface area contributed by atoms with Gasteiger partial charge in [0.25, 0.3) is 0 Å². The van der Waals surface area contributed by atoms with E-state index in [-0.39, 0.29) is 12.8 Å². The Hall–Kier alpha value is -1.45. The number of benzene rings is 1. The van der Waals surface area contributed by atoms with Gasteiger partial charge in [0.15, 0.2) is 0 Å². The van der Waals surface area contributed by atoms with Crippen molar-refractivity contribution in [2.45, 2.75) is 19.3 Å². The first kappa shape index (κ1) is 10.6. The largest absolute Gasteiger partial charge is 0.481 e. The van der Waals surface area contributed by atoms with Crippen LogP contribution in [0.25, 0.3) is 0 Å². The summed E-state index contributed by atoms with van der Waals surface area (Å²) in [7, 11) is 0. The zero-order valence-electron chi connectivity index (χ0n) is 7.41. The molecule has 0 saturated heterocycles. The number of carboxylic acids is 1. The molecule has 0 heterocycles. The van der Waals surface area contributed by atoms with Gasteiger partial charge in [0.1, 0.15) is 0 Å². The average Bonchev–Trinajstić information content (AvgIpc) is 2.01. The first-order chi connectivity index (χ1) is 6.58. The van der Waals surface area contributed by atoms with E-state index in [4.69, 9.17) is 5.11 Å². The lowest BCUT2D eigenvalue weighted by atomic mass is 10.1. The van der Waals surface area contributed by atoms with E-state index in [1.807, 2.05) is 0 Å². The van der Waals surface area contributed by atoms with Crippen molar-refractivity contribution >= 4 is 5.97 Å². The fraction of sp³-hybridized carbons (Fsp3) is 0.300. The molecule has 0 amide bonds. The lowest BCUT2D eigenvalue weighted by molar-refractivity contribution is -0.136. The Morgan fingerprint density at radius 2 is 2.00 bits per heavy atom. The summed E-state index contributed by atoms with van der Waals surface area (Å²) in [5, 5.41) is 8.49. The summed E-state index contributed by atoms with van der Waals surface area (Å²) in [5.41, 5.74) is 1.02. The molecule has 0 aliphatic carbocycles. The van der Waals surface area contributed by atoms with E-state index in [2.05, 4.69) is 0 Å². The second-order valence-electron chi connectivity index (χ2n) is 2.99. The van der Waals surface area contributed by atoms with E-state index in [1.54, 1.807) is 18.2 Å². The topological polar surface area (TPSA) is 37.3 Å². The number of carboxylic acid groups (broad SMARTS) is 1. The van der Waals surface area contributed by atoms with Crippen LogP contribution in [0, 0.1) is 0 Å². The van der Waals surface area contributed by atoms with Gasteiger partial charge in [0, 0.05) is 6.42 Å². The number of carbonyl (C=O) groups is 1. The van der Waals surface area contributed by atoms with Gasteiger partial charge >= 0.3 is 5.97 Å². The first-order valence-electron chi connectivity index (χ1n) is 4.15. The third-order valence-electron chi connectivity index (χ3n) is 1.74. The molecule has 4 heteroatoms. The van der Waals surface area contributed by atoms with Crippen molar-refractivity contribution in [2.75, 3.05) is 0 Å². The fourth-order valence-electron chi connectivity index (χ4n) is 1.22. The number of rotatable bonds is 4. The van der Waals surface area contributed by atoms with E-state index < -0.39 is 12.4 Å². The zero-order chi connectivity index (χ0) is 10.6. The highest BCUT2D eigenvalue weighted by atomic mass is 19.3. The van der Waals surface area contributed by atoms with Gasteiger partial charge < -0.3 is 5.11 Å². The van der Waals surface area contributed by atoms with Crippen LogP contribution in [0.15, 0.2) is 24.3 Å². The first-order valence-corrected chi connectivity index (χ1v) is 4.15. The molecule has 1 N–H and O–H groups in total. The standard InChI is InChI=1S/C10H10F2O2/c11-9(12)5-7-2-1-3-8(4-7)6-10(13)14/h1-4,9H,5-6H2,(H,13,14). The van der Waals surface area contributed by atoms with Gasteiger partial charge in [-0.25, -0.2) is 8.78 Å². The number of hydrogen-bond donors (Lipinski definition) is 1. The Labute approximate surface area is 80.2 Å². The van der Waals surface area contributed by atoms with Crippen molar-refractivity contribution < 1.29 is 18.7 Å². The van der Waals surface area contributed by atoms with E-state index >= 15 is 0 Å². The summed E-state index contributed by atoms with van der Waals surface area (Å²) in [6.45, 7) is 0. The molecule has 1 aromatic carbocycles. The fourth-order valence-corrected chi connectivity index (χ4v) is 1.22. The minimum Gasteiger partial charge on any atom is -0.481 e. The van der Waals surface area contributed by atoms with E-state index in [0.717, 1.165) is 0 Å². The van der Waals surface area contributed by atoms with Crippen molar-refractivity contribution in [1.82, 2.24) is 0 Å². The second-order valence-corrected chi connectivity index (χ2v) is 2.99. The highest BCUT2D eigenvalue weighted by Crippen LogP contribution is 2.10. The van der Waals surface area contributed by atoms with Gasteiger partial charge in [0.05, 0.1) is 6.42 Å². The average molecular weight is 200 g/mol. The molecular formula is C10H10F2O2. The molecule has 76 valence electrons. The molecule has 0 aliphatic heterocycles. The van der Waals surface area contributed by atoms with Crippen LogP contribution in [0.2, 0.25) is 0 Å². The lowest BCUT2D eigenvalue weighted by Gasteiger charge is -2.02. The van der Waals surface area contributed by atoms with Crippen LogP contribution in [0.3, 0.4) is 0 Å². The van der Waals surface area contributed by atoms with Crippen LogP contribution < -0.4 is 0 Å². The summed E-state index contributed by atoms with van der Waals surface area (Å²) in [4.78, 5) is 10.4. The van der Waals surface area contributed by atoms with Gasteiger partial charge in [-0.15, -0.1) is 0 Å². The Bertz CT molecular complexity index is 324. The Morgan fingerprint density at radius 3 is 2.57 bits per heavy atom. The SMILES string of the molecule is O=C(O)Cc1cccc(CC(F)F)c1. The van der Waals surface area contributed by atoms with Crippen molar-refractivity contribution in [1.29, 1.82) is 0 Å². The maximum absolute atomic E-state index is 12.0. The Balaban J connectivity index is 2.73. The molecule has 14 heavy (non-hydrogen) atoms. The maximum atomic E-state index is 12.0. The van der Waals surface area contributed by atoms with Crippen molar-refractivity contribution in [3.8, 4) is 0 Å². The third kappa shape index (κ3) is 3.51. The van der Waals surface area contributed by atoms with Crippen molar-refractivity contribution in [2.24, 2.45) is 0 Å². The molecule has 0 unspecified atom stereocenters.